The Morgan fingerprint density at radius 1 is 1.41 bits per heavy atom. The molecule has 0 aliphatic heterocycles. The van der Waals surface area contributed by atoms with Gasteiger partial charge in [-0.3, -0.25) is 0 Å². The molecule has 0 bridgehead atoms. The minimum atomic E-state index is -4.57. The Labute approximate surface area is 95.3 Å². The van der Waals surface area contributed by atoms with Crippen LogP contribution >= 0.6 is 11.3 Å². The highest BCUT2D eigenvalue weighted by molar-refractivity contribution is 7.13. The predicted octanol–water partition coefficient (Wildman–Crippen LogP) is 1.44. The van der Waals surface area contributed by atoms with E-state index in [4.69, 9.17) is 5.11 Å². The summed E-state index contributed by atoms with van der Waals surface area (Å²) < 4.78 is 37.6. The Balaban J connectivity index is 2.34. The lowest BCUT2D eigenvalue weighted by atomic mass is 10.5. The van der Waals surface area contributed by atoms with E-state index in [0.29, 0.717) is 0 Å². The Bertz CT molecular complexity index is 561. The van der Waals surface area contributed by atoms with Gasteiger partial charge < -0.3 is 5.11 Å². The highest BCUT2D eigenvalue weighted by Gasteiger charge is 2.35. The number of hydrogen-bond donors (Lipinski definition) is 1. The quantitative estimate of drug-likeness (QED) is 0.887. The summed E-state index contributed by atoms with van der Waals surface area (Å²) in [5.41, 5.74) is -0.284. The fraction of sp³-hybridized carbons (Fsp3) is 0.143. The Kier molecular flexibility index (Phi) is 2.58. The van der Waals surface area contributed by atoms with Crippen molar-refractivity contribution in [3.05, 3.63) is 23.0 Å². The molecule has 0 amide bonds. The van der Waals surface area contributed by atoms with Gasteiger partial charge in [0.15, 0.2) is 5.69 Å². The van der Waals surface area contributed by atoms with E-state index in [1.807, 2.05) is 0 Å². The van der Waals surface area contributed by atoms with Gasteiger partial charge in [0.25, 0.3) is 0 Å². The Morgan fingerprint density at radius 3 is 2.59 bits per heavy atom. The summed E-state index contributed by atoms with van der Waals surface area (Å²) in [6, 6.07) is 1.15. The van der Waals surface area contributed by atoms with Crippen LogP contribution in [0.5, 0.6) is 0 Å². The molecular formula is C7H3F3N4O2S. The number of halogens is 3. The number of aromatic carboxylic acids is 1. The molecule has 0 saturated carbocycles. The third kappa shape index (κ3) is 2.25. The standard InChI is InChI=1S/C7H3F3N4O2S/c8-7(9,10)5-11-12-6(17-5)14-2-1-3(13-14)4(15)16/h1-2H,(H,15,16). The number of carboxylic acid groups (broad SMARTS) is 1. The molecule has 17 heavy (non-hydrogen) atoms. The minimum Gasteiger partial charge on any atom is -0.476 e. The first kappa shape index (κ1) is 11.5. The predicted molar refractivity (Wildman–Crippen MR) is 49.0 cm³/mol. The van der Waals surface area contributed by atoms with Crippen molar-refractivity contribution < 1.29 is 23.1 Å². The first-order valence-corrected chi connectivity index (χ1v) is 4.89. The summed E-state index contributed by atoms with van der Waals surface area (Å²) in [6.45, 7) is 0. The molecule has 0 unspecified atom stereocenters. The van der Waals surface area contributed by atoms with E-state index in [2.05, 4.69) is 15.3 Å². The lowest BCUT2D eigenvalue weighted by Crippen LogP contribution is -2.03. The summed E-state index contributed by atoms with van der Waals surface area (Å²) in [6.07, 6.45) is -3.37. The lowest BCUT2D eigenvalue weighted by Gasteiger charge is -1.97. The molecule has 90 valence electrons. The molecule has 2 aromatic rings. The molecule has 1 N–H and O–H groups in total. The van der Waals surface area contributed by atoms with Crippen LogP contribution in [0, 0.1) is 0 Å². The maximum absolute atomic E-state index is 12.2. The molecule has 0 spiro atoms. The molecule has 0 saturated heterocycles. The third-order valence-electron chi connectivity index (χ3n) is 1.66. The Morgan fingerprint density at radius 2 is 2.12 bits per heavy atom. The van der Waals surface area contributed by atoms with Gasteiger partial charge in [-0.05, 0) is 6.07 Å². The van der Waals surface area contributed by atoms with Gasteiger partial charge in [-0.25, -0.2) is 9.48 Å². The number of rotatable bonds is 2. The van der Waals surface area contributed by atoms with Crippen molar-refractivity contribution in [2.24, 2.45) is 0 Å². The van der Waals surface area contributed by atoms with Crippen molar-refractivity contribution in [2.45, 2.75) is 6.18 Å². The van der Waals surface area contributed by atoms with Gasteiger partial charge in [0.05, 0.1) is 0 Å². The average molecular weight is 264 g/mol. The van der Waals surface area contributed by atoms with E-state index >= 15 is 0 Å². The van der Waals surface area contributed by atoms with Crippen LogP contribution in [-0.2, 0) is 6.18 Å². The summed E-state index contributed by atoms with van der Waals surface area (Å²) >= 11 is 0.278. The topological polar surface area (TPSA) is 80.9 Å². The van der Waals surface area contributed by atoms with Crippen LogP contribution in [0.1, 0.15) is 15.5 Å². The van der Waals surface area contributed by atoms with Crippen molar-refractivity contribution in [1.82, 2.24) is 20.0 Å². The smallest absolute Gasteiger partial charge is 0.445 e. The second-order valence-corrected chi connectivity index (χ2v) is 3.79. The molecule has 0 aliphatic rings. The van der Waals surface area contributed by atoms with Crippen molar-refractivity contribution in [1.29, 1.82) is 0 Å². The van der Waals surface area contributed by atoms with Crippen molar-refractivity contribution in [2.75, 3.05) is 0 Å². The zero-order valence-corrected chi connectivity index (χ0v) is 8.66. The summed E-state index contributed by atoms with van der Waals surface area (Å²) in [7, 11) is 0. The maximum atomic E-state index is 12.2. The summed E-state index contributed by atoms with van der Waals surface area (Å²) in [5, 5.41) is 17.1. The molecule has 10 heteroatoms. The molecule has 0 aliphatic carbocycles. The molecule has 0 fully saturated rings. The first-order valence-electron chi connectivity index (χ1n) is 4.08. The van der Waals surface area contributed by atoms with Gasteiger partial charge in [0.2, 0.25) is 10.1 Å². The van der Waals surface area contributed by atoms with Crippen molar-refractivity contribution in [3.63, 3.8) is 0 Å². The number of carbonyl (C=O) groups is 1. The third-order valence-corrected chi connectivity index (χ3v) is 2.62. The molecule has 0 radical (unpaired) electrons. The van der Waals surface area contributed by atoms with Crippen LogP contribution in [-0.4, -0.2) is 31.1 Å². The molecule has 2 heterocycles. The number of aromatic nitrogens is 4. The monoisotopic (exact) mass is 264 g/mol. The van der Waals surface area contributed by atoms with E-state index in [9.17, 15) is 18.0 Å². The largest absolute Gasteiger partial charge is 0.476 e. The molecular weight excluding hydrogens is 261 g/mol. The van der Waals surface area contributed by atoms with E-state index in [-0.39, 0.29) is 22.2 Å². The van der Waals surface area contributed by atoms with Gasteiger partial charge >= 0.3 is 12.1 Å². The zero-order chi connectivity index (χ0) is 12.6. The molecule has 2 aromatic heterocycles. The summed E-state index contributed by atoms with van der Waals surface area (Å²) in [4.78, 5) is 10.5. The van der Waals surface area contributed by atoms with E-state index < -0.39 is 17.2 Å². The van der Waals surface area contributed by atoms with Crippen LogP contribution < -0.4 is 0 Å². The van der Waals surface area contributed by atoms with Gasteiger partial charge in [0, 0.05) is 6.20 Å². The lowest BCUT2D eigenvalue weighted by molar-refractivity contribution is -0.138. The highest BCUT2D eigenvalue weighted by Crippen LogP contribution is 2.32. The SMILES string of the molecule is O=C(O)c1ccn(-c2nnc(C(F)(F)F)s2)n1. The normalized spacial score (nSPS) is 11.7. The van der Waals surface area contributed by atoms with Crippen LogP contribution in [0.3, 0.4) is 0 Å². The Hall–Kier alpha value is -1.97. The zero-order valence-electron chi connectivity index (χ0n) is 7.84. The second-order valence-electron chi connectivity index (χ2n) is 2.84. The molecule has 2 rings (SSSR count). The number of nitrogens with zero attached hydrogens (tertiary/aromatic N) is 4. The fourth-order valence-electron chi connectivity index (χ4n) is 0.967. The van der Waals surface area contributed by atoms with Gasteiger partial charge in [0.1, 0.15) is 0 Å². The van der Waals surface area contributed by atoms with Gasteiger partial charge in [-0.2, -0.15) is 18.3 Å². The van der Waals surface area contributed by atoms with Gasteiger partial charge in [-0.1, -0.05) is 11.3 Å². The van der Waals surface area contributed by atoms with E-state index in [1.54, 1.807) is 0 Å². The van der Waals surface area contributed by atoms with E-state index in [1.165, 1.54) is 6.20 Å². The number of hydrogen-bond acceptors (Lipinski definition) is 5. The second kappa shape index (κ2) is 3.80. The minimum absolute atomic E-state index is 0.148. The highest BCUT2D eigenvalue weighted by atomic mass is 32.1. The van der Waals surface area contributed by atoms with Crippen LogP contribution in [0.4, 0.5) is 13.2 Å². The molecule has 6 nitrogen and oxygen atoms in total. The van der Waals surface area contributed by atoms with Crippen LogP contribution in [0.25, 0.3) is 5.13 Å². The number of alkyl halides is 3. The summed E-state index contributed by atoms with van der Waals surface area (Å²) in [5.74, 6) is -1.27. The van der Waals surface area contributed by atoms with Crippen molar-refractivity contribution in [3.8, 4) is 5.13 Å². The maximum Gasteiger partial charge on any atom is 0.445 e. The first-order chi connectivity index (χ1) is 7.88. The van der Waals surface area contributed by atoms with Gasteiger partial charge in [-0.15, -0.1) is 10.2 Å². The molecule has 0 aromatic carbocycles. The average Bonchev–Trinajstić information content (AvgIpc) is 2.85. The van der Waals surface area contributed by atoms with Crippen molar-refractivity contribution >= 4 is 17.3 Å². The van der Waals surface area contributed by atoms with Crippen LogP contribution in [0.15, 0.2) is 12.3 Å². The molecule has 0 atom stereocenters. The van der Waals surface area contributed by atoms with Crippen LogP contribution in [0.2, 0.25) is 0 Å². The van der Waals surface area contributed by atoms with E-state index in [0.717, 1.165) is 10.7 Å². The number of carboxylic acids is 1. The fourth-order valence-corrected chi connectivity index (χ4v) is 1.61.